The molecule has 0 saturated heterocycles. The molecule has 0 unspecified atom stereocenters. The minimum Gasteiger partial charge on any atom is -0.351 e. The molecule has 0 aliphatic carbocycles. The highest BCUT2D eigenvalue weighted by Crippen LogP contribution is 2.17. The molecule has 3 aromatic rings. The van der Waals surface area contributed by atoms with Crippen LogP contribution in [0.15, 0.2) is 48.7 Å². The second kappa shape index (κ2) is 8.49. The van der Waals surface area contributed by atoms with Gasteiger partial charge >= 0.3 is 0 Å². The van der Waals surface area contributed by atoms with Crippen molar-refractivity contribution in [3.05, 3.63) is 65.7 Å². The van der Waals surface area contributed by atoms with E-state index in [1.54, 1.807) is 16.7 Å². The number of nitrogens with zero attached hydrogens (tertiary/aromatic N) is 2. The lowest BCUT2D eigenvalue weighted by molar-refractivity contribution is 0.0950. The number of carbonyl (C=O) groups is 2. The number of hydrogen-bond donors (Lipinski definition) is 2. The van der Waals surface area contributed by atoms with Crippen LogP contribution in [0.3, 0.4) is 0 Å². The van der Waals surface area contributed by atoms with Crippen molar-refractivity contribution in [1.29, 1.82) is 0 Å². The van der Waals surface area contributed by atoms with E-state index >= 15 is 0 Å². The average molecular weight is 364 g/mol. The number of para-hydroxylation sites is 1. The lowest BCUT2D eigenvalue weighted by Crippen LogP contribution is -2.25. The van der Waals surface area contributed by atoms with Crippen molar-refractivity contribution in [2.24, 2.45) is 0 Å². The van der Waals surface area contributed by atoms with Gasteiger partial charge in [-0.25, -0.2) is 4.98 Å². The zero-order valence-corrected chi connectivity index (χ0v) is 15.7. The predicted molar refractivity (Wildman–Crippen MR) is 106 cm³/mol. The molecule has 0 fully saturated rings. The van der Waals surface area contributed by atoms with Crippen molar-refractivity contribution in [2.45, 2.75) is 33.1 Å². The number of imidazole rings is 1. The van der Waals surface area contributed by atoms with Gasteiger partial charge in [0.05, 0.1) is 5.52 Å². The first-order chi connectivity index (χ1) is 13.1. The molecule has 0 saturated carbocycles. The SMILES string of the molecule is CCCCCNC(=O)c1nc(C(=O)Nc2ccccc2C)n2ccccc12. The predicted octanol–water partition coefficient (Wildman–Crippen LogP) is 3.82. The van der Waals surface area contributed by atoms with Gasteiger partial charge < -0.3 is 10.6 Å². The standard InChI is InChI=1S/C21H24N4O2/c1-3-4-8-13-22-20(26)18-17-12-7-9-14-25(17)19(24-18)21(27)23-16-11-6-5-10-15(16)2/h5-7,9-12,14H,3-4,8,13H2,1-2H3,(H,22,26)(H,23,27). The van der Waals surface area contributed by atoms with E-state index in [4.69, 9.17) is 0 Å². The number of carbonyl (C=O) groups excluding carboxylic acids is 2. The molecule has 0 aliphatic heterocycles. The summed E-state index contributed by atoms with van der Waals surface area (Å²) in [5.41, 5.74) is 2.56. The smallest absolute Gasteiger partial charge is 0.292 e. The van der Waals surface area contributed by atoms with Crippen LogP contribution in [-0.2, 0) is 0 Å². The maximum Gasteiger partial charge on any atom is 0.292 e. The van der Waals surface area contributed by atoms with Crippen molar-refractivity contribution >= 4 is 23.0 Å². The summed E-state index contributed by atoms with van der Waals surface area (Å²) in [6, 6.07) is 13.0. The Balaban J connectivity index is 1.87. The quantitative estimate of drug-likeness (QED) is 0.626. The summed E-state index contributed by atoms with van der Waals surface area (Å²) in [6.45, 7) is 4.64. The second-order valence-electron chi connectivity index (χ2n) is 6.47. The van der Waals surface area contributed by atoms with Gasteiger partial charge in [-0.3, -0.25) is 14.0 Å². The summed E-state index contributed by atoms with van der Waals surface area (Å²) >= 11 is 0. The van der Waals surface area contributed by atoms with Gasteiger partial charge in [0.1, 0.15) is 0 Å². The zero-order valence-electron chi connectivity index (χ0n) is 15.7. The third-order valence-corrected chi connectivity index (χ3v) is 4.43. The highest BCUT2D eigenvalue weighted by Gasteiger charge is 2.21. The van der Waals surface area contributed by atoms with Crippen LogP contribution in [0.25, 0.3) is 5.52 Å². The van der Waals surface area contributed by atoms with Crippen LogP contribution in [-0.4, -0.2) is 27.7 Å². The summed E-state index contributed by atoms with van der Waals surface area (Å²) in [7, 11) is 0. The van der Waals surface area contributed by atoms with Gasteiger partial charge in [0.15, 0.2) is 5.69 Å². The molecule has 2 heterocycles. The first-order valence-electron chi connectivity index (χ1n) is 9.24. The van der Waals surface area contributed by atoms with Crippen LogP contribution >= 0.6 is 0 Å². The third-order valence-electron chi connectivity index (χ3n) is 4.43. The van der Waals surface area contributed by atoms with Crippen LogP contribution in [0.1, 0.15) is 52.9 Å². The van der Waals surface area contributed by atoms with Gasteiger partial charge in [-0.2, -0.15) is 0 Å². The number of anilines is 1. The first-order valence-corrected chi connectivity index (χ1v) is 9.24. The molecule has 2 N–H and O–H groups in total. The largest absolute Gasteiger partial charge is 0.351 e. The molecule has 0 atom stereocenters. The summed E-state index contributed by atoms with van der Waals surface area (Å²) in [6.07, 6.45) is 4.82. The Morgan fingerprint density at radius 1 is 1.04 bits per heavy atom. The summed E-state index contributed by atoms with van der Waals surface area (Å²) in [5, 5.41) is 5.77. The van der Waals surface area contributed by atoms with Gasteiger partial charge in [-0.05, 0) is 37.1 Å². The lowest BCUT2D eigenvalue weighted by Gasteiger charge is -2.07. The van der Waals surface area contributed by atoms with E-state index in [1.807, 2.05) is 43.3 Å². The third kappa shape index (κ3) is 4.16. The maximum atomic E-state index is 12.8. The topological polar surface area (TPSA) is 75.5 Å². The average Bonchev–Trinajstić information content (AvgIpc) is 3.07. The Morgan fingerprint density at radius 2 is 1.81 bits per heavy atom. The molecule has 2 aromatic heterocycles. The fraction of sp³-hybridized carbons (Fsp3) is 0.286. The molecule has 1 aromatic carbocycles. The van der Waals surface area contributed by atoms with Gasteiger partial charge in [0.2, 0.25) is 5.82 Å². The molecule has 6 nitrogen and oxygen atoms in total. The molecule has 0 radical (unpaired) electrons. The van der Waals surface area contributed by atoms with E-state index in [-0.39, 0.29) is 23.3 Å². The Labute approximate surface area is 158 Å². The number of pyridine rings is 1. The molecule has 3 rings (SSSR count). The van der Waals surface area contributed by atoms with E-state index in [0.29, 0.717) is 12.1 Å². The van der Waals surface area contributed by atoms with Crippen LogP contribution in [0.4, 0.5) is 5.69 Å². The highest BCUT2D eigenvalue weighted by atomic mass is 16.2. The van der Waals surface area contributed by atoms with E-state index in [9.17, 15) is 9.59 Å². The number of benzene rings is 1. The van der Waals surface area contributed by atoms with Gasteiger partial charge in [-0.1, -0.05) is 44.0 Å². The van der Waals surface area contributed by atoms with Crippen LogP contribution in [0.2, 0.25) is 0 Å². The van der Waals surface area contributed by atoms with Crippen LogP contribution < -0.4 is 10.6 Å². The number of nitrogens with one attached hydrogen (secondary N) is 2. The normalized spacial score (nSPS) is 10.7. The van der Waals surface area contributed by atoms with E-state index in [2.05, 4.69) is 22.5 Å². The first kappa shape index (κ1) is 18.6. The van der Waals surface area contributed by atoms with Crippen molar-refractivity contribution in [1.82, 2.24) is 14.7 Å². The van der Waals surface area contributed by atoms with Crippen molar-refractivity contribution < 1.29 is 9.59 Å². The number of rotatable bonds is 7. The highest BCUT2D eigenvalue weighted by molar-refractivity contribution is 6.06. The molecular weight excluding hydrogens is 340 g/mol. The van der Waals surface area contributed by atoms with Gasteiger partial charge in [-0.15, -0.1) is 0 Å². The summed E-state index contributed by atoms with van der Waals surface area (Å²) in [4.78, 5) is 29.7. The van der Waals surface area contributed by atoms with Gasteiger partial charge in [0, 0.05) is 18.4 Å². The molecule has 2 amide bonds. The molecular formula is C21H24N4O2. The fourth-order valence-electron chi connectivity index (χ4n) is 2.92. The van der Waals surface area contributed by atoms with Crippen LogP contribution in [0, 0.1) is 6.92 Å². The van der Waals surface area contributed by atoms with Crippen molar-refractivity contribution in [3.8, 4) is 0 Å². The number of hydrogen-bond acceptors (Lipinski definition) is 3. The molecule has 27 heavy (non-hydrogen) atoms. The molecule has 0 aliphatic rings. The van der Waals surface area contributed by atoms with E-state index in [0.717, 1.165) is 30.5 Å². The molecule has 140 valence electrons. The second-order valence-corrected chi connectivity index (χ2v) is 6.47. The Hall–Kier alpha value is -3.15. The summed E-state index contributed by atoms with van der Waals surface area (Å²) in [5.74, 6) is -0.423. The molecule has 6 heteroatoms. The summed E-state index contributed by atoms with van der Waals surface area (Å²) < 4.78 is 1.65. The molecule has 0 spiro atoms. The lowest BCUT2D eigenvalue weighted by atomic mass is 10.2. The number of aromatic nitrogens is 2. The van der Waals surface area contributed by atoms with Crippen molar-refractivity contribution in [3.63, 3.8) is 0 Å². The Bertz CT molecular complexity index is 962. The monoisotopic (exact) mass is 364 g/mol. The van der Waals surface area contributed by atoms with E-state index in [1.165, 1.54) is 0 Å². The van der Waals surface area contributed by atoms with Crippen molar-refractivity contribution in [2.75, 3.05) is 11.9 Å². The number of amides is 2. The Kier molecular flexibility index (Phi) is 5.86. The minimum atomic E-state index is -0.351. The van der Waals surface area contributed by atoms with E-state index < -0.39 is 0 Å². The number of aryl methyl sites for hydroxylation is 1. The Morgan fingerprint density at radius 3 is 2.59 bits per heavy atom. The fourth-order valence-corrected chi connectivity index (χ4v) is 2.92. The maximum absolute atomic E-state index is 12.8. The number of unbranched alkanes of at least 4 members (excludes halogenated alkanes) is 2. The zero-order chi connectivity index (χ0) is 19.2. The van der Waals surface area contributed by atoms with Crippen LogP contribution in [0.5, 0.6) is 0 Å². The van der Waals surface area contributed by atoms with Gasteiger partial charge in [0.25, 0.3) is 11.8 Å². The number of fused-ring (bicyclic) bond motifs is 1. The molecule has 0 bridgehead atoms. The minimum absolute atomic E-state index is 0.188.